The van der Waals surface area contributed by atoms with E-state index in [0.717, 1.165) is 32.6 Å². The second-order valence-corrected chi connectivity index (χ2v) is 5.51. The van der Waals surface area contributed by atoms with Crippen LogP contribution in [0, 0.1) is 13.8 Å². The normalized spacial score (nSPS) is 10.9. The van der Waals surface area contributed by atoms with E-state index in [9.17, 15) is 0 Å². The average molecular weight is 332 g/mol. The molecule has 1 N–H and O–H groups in total. The summed E-state index contributed by atoms with van der Waals surface area (Å²) in [5.41, 5.74) is 3.83. The van der Waals surface area contributed by atoms with Gasteiger partial charge in [0, 0.05) is 17.9 Å². The fraction of sp³-hybridized carbons (Fsp3) is 0.200. The van der Waals surface area contributed by atoms with Crippen molar-refractivity contribution in [3.05, 3.63) is 52.0 Å². The maximum absolute atomic E-state index is 5.47. The molecule has 5 heteroatoms. The molecule has 3 aromatic rings. The van der Waals surface area contributed by atoms with Gasteiger partial charge >= 0.3 is 0 Å². The molecule has 0 amide bonds. The number of pyridine rings is 1. The minimum Gasteiger partial charge on any atom is -0.441 e. The number of halogens is 1. The maximum atomic E-state index is 5.47. The molecule has 102 valence electrons. The largest absolute Gasteiger partial charge is 0.441 e. The van der Waals surface area contributed by atoms with E-state index >= 15 is 0 Å². The van der Waals surface area contributed by atoms with Crippen LogP contribution in [-0.2, 0) is 6.54 Å². The van der Waals surface area contributed by atoms with Gasteiger partial charge in [-0.1, -0.05) is 6.07 Å². The molecule has 0 spiro atoms. The predicted octanol–water partition coefficient (Wildman–Crippen LogP) is 4.21. The van der Waals surface area contributed by atoms with E-state index in [2.05, 4.69) is 31.2 Å². The minimum atomic E-state index is 0.690. The predicted molar refractivity (Wildman–Crippen MR) is 82.7 cm³/mol. The number of hydrogen-bond donors (Lipinski definition) is 1. The van der Waals surface area contributed by atoms with Gasteiger partial charge in [0.05, 0.1) is 5.69 Å². The first kappa shape index (κ1) is 13.1. The van der Waals surface area contributed by atoms with Gasteiger partial charge in [-0.3, -0.25) is 0 Å². The van der Waals surface area contributed by atoms with Gasteiger partial charge in [-0.05, 0) is 52.7 Å². The van der Waals surface area contributed by atoms with E-state index < -0.39 is 0 Å². The summed E-state index contributed by atoms with van der Waals surface area (Å²) in [6, 6.07) is 9.97. The highest BCUT2D eigenvalue weighted by Gasteiger charge is 2.04. The Labute approximate surface area is 125 Å². The van der Waals surface area contributed by atoms with Gasteiger partial charge in [-0.15, -0.1) is 0 Å². The molecule has 0 fully saturated rings. The lowest BCUT2D eigenvalue weighted by Gasteiger charge is -2.07. The maximum Gasteiger partial charge on any atom is 0.192 e. The third-order valence-electron chi connectivity index (χ3n) is 3.05. The molecule has 0 aliphatic carbocycles. The molecule has 0 aliphatic heterocycles. The summed E-state index contributed by atoms with van der Waals surface area (Å²) in [6.07, 6.45) is 0. The van der Waals surface area contributed by atoms with Crippen LogP contribution in [0.1, 0.15) is 17.1 Å². The van der Waals surface area contributed by atoms with Crippen LogP contribution in [0.3, 0.4) is 0 Å². The van der Waals surface area contributed by atoms with Gasteiger partial charge in [0.2, 0.25) is 0 Å². The van der Waals surface area contributed by atoms with Crippen molar-refractivity contribution in [3.63, 3.8) is 0 Å². The lowest BCUT2D eigenvalue weighted by molar-refractivity contribution is 0.561. The van der Waals surface area contributed by atoms with Crippen molar-refractivity contribution in [1.82, 2.24) is 9.97 Å². The molecule has 0 aliphatic rings. The summed E-state index contributed by atoms with van der Waals surface area (Å²) < 4.78 is 6.48. The Hall–Kier alpha value is -1.88. The topological polar surface area (TPSA) is 51.0 Å². The van der Waals surface area contributed by atoms with Gasteiger partial charge in [-0.25, -0.2) is 9.97 Å². The molecule has 4 nitrogen and oxygen atoms in total. The number of benzene rings is 1. The summed E-state index contributed by atoms with van der Waals surface area (Å²) in [6.45, 7) is 4.53. The number of hydrogen-bond acceptors (Lipinski definition) is 4. The van der Waals surface area contributed by atoms with E-state index in [0.29, 0.717) is 12.4 Å². The number of rotatable bonds is 3. The van der Waals surface area contributed by atoms with Crippen LogP contribution in [0.2, 0.25) is 0 Å². The van der Waals surface area contributed by atoms with Crippen molar-refractivity contribution >= 4 is 32.8 Å². The first-order valence-corrected chi connectivity index (χ1v) is 7.14. The Balaban J connectivity index is 1.77. The highest BCUT2D eigenvalue weighted by molar-refractivity contribution is 9.10. The zero-order valence-electron chi connectivity index (χ0n) is 11.3. The van der Waals surface area contributed by atoms with E-state index in [1.807, 2.05) is 44.2 Å². The van der Waals surface area contributed by atoms with E-state index in [4.69, 9.17) is 4.42 Å². The molecule has 0 saturated carbocycles. The summed E-state index contributed by atoms with van der Waals surface area (Å²) in [5, 5.41) is 3.31. The smallest absolute Gasteiger partial charge is 0.192 e. The van der Waals surface area contributed by atoms with Crippen LogP contribution < -0.4 is 5.32 Å². The Morgan fingerprint density at radius 1 is 1.15 bits per heavy atom. The monoisotopic (exact) mass is 331 g/mol. The highest BCUT2D eigenvalue weighted by Crippen LogP contribution is 2.19. The zero-order chi connectivity index (χ0) is 14.1. The van der Waals surface area contributed by atoms with Gasteiger partial charge in [0.1, 0.15) is 11.3 Å². The third kappa shape index (κ3) is 2.67. The second-order valence-electron chi connectivity index (χ2n) is 4.65. The summed E-state index contributed by atoms with van der Waals surface area (Å²) >= 11 is 3.45. The van der Waals surface area contributed by atoms with Crippen LogP contribution in [0.25, 0.3) is 11.1 Å². The number of nitrogens with zero attached hydrogens (tertiary/aromatic N) is 2. The number of aryl methyl sites for hydroxylation is 2. The van der Waals surface area contributed by atoms with Gasteiger partial charge in [-0.2, -0.15) is 0 Å². The van der Waals surface area contributed by atoms with E-state index in [1.54, 1.807) is 0 Å². The Bertz CT molecular complexity index is 767. The average Bonchev–Trinajstić information content (AvgIpc) is 2.79. The summed E-state index contributed by atoms with van der Waals surface area (Å²) in [4.78, 5) is 8.80. The fourth-order valence-corrected chi connectivity index (χ4v) is 2.25. The van der Waals surface area contributed by atoms with Crippen LogP contribution in [0.5, 0.6) is 0 Å². The molecule has 0 saturated heterocycles. The van der Waals surface area contributed by atoms with Crippen LogP contribution >= 0.6 is 15.9 Å². The van der Waals surface area contributed by atoms with Gasteiger partial charge in [0.25, 0.3) is 0 Å². The highest BCUT2D eigenvalue weighted by atomic mass is 79.9. The number of fused-ring (bicyclic) bond motifs is 1. The van der Waals surface area contributed by atoms with Crippen molar-refractivity contribution in [2.75, 3.05) is 5.32 Å². The molecule has 2 aromatic heterocycles. The zero-order valence-corrected chi connectivity index (χ0v) is 12.9. The molecule has 0 atom stereocenters. The van der Waals surface area contributed by atoms with Crippen LogP contribution in [0.15, 0.2) is 39.2 Å². The number of nitrogens with one attached hydrogen (secondary N) is 1. The van der Waals surface area contributed by atoms with Gasteiger partial charge in [0.15, 0.2) is 11.5 Å². The second kappa shape index (κ2) is 5.25. The molecule has 0 radical (unpaired) electrons. The summed E-state index contributed by atoms with van der Waals surface area (Å²) in [7, 11) is 0. The van der Waals surface area contributed by atoms with Crippen LogP contribution in [-0.4, -0.2) is 9.97 Å². The van der Waals surface area contributed by atoms with Crippen LogP contribution in [0.4, 0.5) is 5.82 Å². The Morgan fingerprint density at radius 3 is 2.80 bits per heavy atom. The van der Waals surface area contributed by atoms with Crippen molar-refractivity contribution < 1.29 is 4.42 Å². The first-order valence-electron chi connectivity index (χ1n) is 6.35. The standard InChI is InChI=1S/C15H14BrN3O/c1-9-12(16)4-6-15(18-9)17-8-11-3-5-14-13(7-11)19-10(2)20-14/h3-7H,8H2,1-2H3,(H,17,18). The fourth-order valence-electron chi connectivity index (χ4n) is 2.03. The van der Waals surface area contributed by atoms with E-state index in [1.165, 1.54) is 0 Å². The van der Waals surface area contributed by atoms with E-state index in [-0.39, 0.29) is 0 Å². The third-order valence-corrected chi connectivity index (χ3v) is 3.89. The molecule has 1 aromatic carbocycles. The number of anilines is 1. The van der Waals surface area contributed by atoms with Gasteiger partial charge < -0.3 is 9.73 Å². The molecule has 20 heavy (non-hydrogen) atoms. The first-order chi connectivity index (χ1) is 9.61. The molecular formula is C15H14BrN3O. The lowest BCUT2D eigenvalue weighted by Crippen LogP contribution is -2.02. The molecule has 2 heterocycles. The van der Waals surface area contributed by atoms with Crippen molar-refractivity contribution in [2.45, 2.75) is 20.4 Å². The Morgan fingerprint density at radius 2 is 2.00 bits per heavy atom. The Kier molecular flexibility index (Phi) is 3.44. The SMILES string of the molecule is Cc1nc2cc(CNc3ccc(Br)c(C)n3)ccc2o1. The number of aromatic nitrogens is 2. The van der Waals surface area contributed by atoms with Crippen molar-refractivity contribution in [3.8, 4) is 0 Å². The summed E-state index contributed by atoms with van der Waals surface area (Å²) in [5.74, 6) is 1.55. The van der Waals surface area contributed by atoms with Crippen molar-refractivity contribution in [2.24, 2.45) is 0 Å². The molecule has 0 unspecified atom stereocenters. The molecule has 3 rings (SSSR count). The number of oxazole rings is 1. The quantitative estimate of drug-likeness (QED) is 0.780. The van der Waals surface area contributed by atoms with Crippen molar-refractivity contribution in [1.29, 1.82) is 0 Å². The molecule has 0 bridgehead atoms. The molecular weight excluding hydrogens is 318 g/mol. The lowest BCUT2D eigenvalue weighted by atomic mass is 10.2. The minimum absolute atomic E-state index is 0.690.